The Morgan fingerprint density at radius 2 is 1.88 bits per heavy atom. The first kappa shape index (κ1) is 36.7. The highest BCUT2D eigenvalue weighted by Gasteiger charge is 2.66. The van der Waals surface area contributed by atoms with Crippen LogP contribution in [0.3, 0.4) is 0 Å². The van der Waals surface area contributed by atoms with E-state index < -0.39 is 68.2 Å². The molecule has 2 saturated heterocycles. The predicted octanol–water partition coefficient (Wildman–Crippen LogP) is 1.73. The quantitative estimate of drug-likeness (QED) is 0.129. The Balaban J connectivity index is 1.26. The summed E-state index contributed by atoms with van der Waals surface area (Å²) in [6, 6.07) is 12.2. The van der Waals surface area contributed by atoms with E-state index in [2.05, 4.69) is 31.6 Å². The van der Waals surface area contributed by atoms with Gasteiger partial charge in [0.1, 0.15) is 18.3 Å². The van der Waals surface area contributed by atoms with Crippen molar-refractivity contribution in [2.45, 2.75) is 93.9 Å². The number of carbonyl (C=O) groups excluding carboxylic acids is 2. The van der Waals surface area contributed by atoms with Crippen LogP contribution in [0, 0.1) is 5.92 Å². The third kappa shape index (κ3) is 6.66. The number of amides is 2. The number of nitrogens with one attached hydrogen (secondary N) is 1. The van der Waals surface area contributed by atoms with Crippen molar-refractivity contribution in [1.82, 2.24) is 15.0 Å². The Morgan fingerprint density at radius 3 is 2.60 bits per heavy atom. The summed E-state index contributed by atoms with van der Waals surface area (Å²) in [4.78, 5) is 29.3. The van der Waals surface area contributed by atoms with Gasteiger partial charge in [0.05, 0.1) is 24.0 Å². The molecule has 1 spiro atoms. The first-order valence-electron chi connectivity index (χ1n) is 16.4. The molecule has 14 nitrogen and oxygen atoms in total. The van der Waals surface area contributed by atoms with Crippen molar-refractivity contribution in [1.29, 1.82) is 0 Å². The first-order valence-corrected chi connectivity index (χ1v) is 20.2. The molecule has 2 fully saturated rings. The van der Waals surface area contributed by atoms with Crippen LogP contribution in [0.15, 0.2) is 53.1 Å². The molecular weight excluding hydrogens is 737 g/mol. The third-order valence-corrected chi connectivity index (χ3v) is 12.9. The summed E-state index contributed by atoms with van der Waals surface area (Å²) in [6.07, 6.45) is -6.99. The average molecular weight is 779 g/mol. The van der Waals surface area contributed by atoms with Crippen LogP contribution in [0.25, 0.3) is 0 Å². The van der Waals surface area contributed by atoms with E-state index in [1.54, 1.807) is 53.1 Å². The molecular formula is C33H41BrFN5O9Si. The monoisotopic (exact) mass is 777 g/mol. The van der Waals surface area contributed by atoms with Gasteiger partial charge in [0, 0.05) is 53.0 Å². The number of rotatable bonds is 10. The second kappa shape index (κ2) is 14.1. The number of hydrogen-bond donors (Lipinski definition) is 6. The fourth-order valence-electron chi connectivity index (χ4n) is 7.60. The lowest BCUT2D eigenvalue weighted by Crippen LogP contribution is -2.60. The van der Waals surface area contributed by atoms with Gasteiger partial charge in [-0.2, -0.15) is 0 Å². The van der Waals surface area contributed by atoms with Gasteiger partial charge in [-0.1, -0.05) is 40.2 Å². The molecule has 3 aliphatic heterocycles. The Morgan fingerprint density at radius 1 is 1.12 bits per heavy atom. The lowest BCUT2D eigenvalue weighted by atomic mass is 9.82. The minimum absolute atomic E-state index is 0.0535. The van der Waals surface area contributed by atoms with Crippen LogP contribution in [-0.4, -0.2) is 104 Å². The topological polar surface area (TPSA) is 200 Å². The lowest BCUT2D eigenvalue weighted by Gasteiger charge is -2.37. The molecule has 270 valence electrons. The molecule has 1 aromatic heterocycles. The molecule has 0 aliphatic carbocycles. The van der Waals surface area contributed by atoms with Gasteiger partial charge in [0.15, 0.2) is 18.0 Å². The maximum absolute atomic E-state index is 16.2. The van der Waals surface area contributed by atoms with Crippen molar-refractivity contribution in [2.24, 2.45) is 5.92 Å². The van der Waals surface area contributed by atoms with Crippen molar-refractivity contribution in [3.63, 3.8) is 0 Å². The minimum Gasteiger partial charge on any atom is -0.396 e. The highest BCUT2D eigenvalue weighted by molar-refractivity contribution is 9.10. The summed E-state index contributed by atoms with van der Waals surface area (Å²) in [6.45, 7) is 5.57. The molecule has 0 saturated carbocycles. The van der Waals surface area contributed by atoms with Gasteiger partial charge in [-0.05, 0) is 55.4 Å². The zero-order chi connectivity index (χ0) is 36.1. The van der Waals surface area contributed by atoms with Gasteiger partial charge in [-0.25, -0.2) is 0 Å². The van der Waals surface area contributed by atoms with Gasteiger partial charge < -0.3 is 49.3 Å². The van der Waals surface area contributed by atoms with Crippen LogP contribution in [0.4, 0.5) is 15.5 Å². The molecule has 0 radical (unpaired) electrons. The number of carbonyl (C=O) groups is 2. The van der Waals surface area contributed by atoms with Crippen LogP contribution in [-0.2, 0) is 44.2 Å². The van der Waals surface area contributed by atoms with Gasteiger partial charge in [-0.3, -0.25) is 14.3 Å². The second-order valence-corrected chi connectivity index (χ2v) is 18.4. The molecule has 3 aromatic rings. The number of halogens is 2. The van der Waals surface area contributed by atoms with Crippen molar-refractivity contribution in [3.8, 4) is 0 Å². The SMILES string of the molecule is C[C@H]1[C@H]([Si](C)(C)F)[C@@H](CCn2cc(CCO)nn2)O[C@]12C(=O)N(Cc1cccc(NC(=O)[C@H]3O[C@@H](O)[C@H](O)[C@@H](O)[C@@H]3O)c1)c1ccc(Br)cc12. The molecule has 6 N–H and O–H groups in total. The number of hydrogen-bond acceptors (Lipinski definition) is 11. The molecule has 17 heteroatoms. The van der Waals surface area contributed by atoms with Crippen molar-refractivity contribution in [2.75, 3.05) is 16.8 Å². The Hall–Kier alpha value is -3.13. The zero-order valence-corrected chi connectivity index (χ0v) is 30.3. The Kier molecular flexibility index (Phi) is 10.3. The van der Waals surface area contributed by atoms with Gasteiger partial charge >= 0.3 is 0 Å². The number of benzene rings is 2. The molecule has 4 heterocycles. The smallest absolute Gasteiger partial charge is 0.264 e. The van der Waals surface area contributed by atoms with E-state index in [4.69, 9.17) is 9.47 Å². The van der Waals surface area contributed by atoms with E-state index in [-0.39, 0.29) is 19.1 Å². The van der Waals surface area contributed by atoms with Crippen LogP contribution < -0.4 is 10.2 Å². The maximum atomic E-state index is 16.2. The second-order valence-electron chi connectivity index (χ2n) is 13.7. The van der Waals surface area contributed by atoms with E-state index in [0.29, 0.717) is 47.6 Å². The molecule has 9 atom stereocenters. The van der Waals surface area contributed by atoms with Crippen LogP contribution in [0.2, 0.25) is 18.6 Å². The fraction of sp³-hybridized carbons (Fsp3) is 0.515. The first-order chi connectivity index (χ1) is 23.6. The molecule has 0 unspecified atom stereocenters. The Bertz CT molecular complexity index is 1750. The minimum atomic E-state index is -3.40. The molecule has 6 rings (SSSR count). The van der Waals surface area contributed by atoms with Gasteiger partial charge in [-0.15, -0.1) is 5.10 Å². The zero-order valence-electron chi connectivity index (χ0n) is 27.7. The van der Waals surface area contributed by atoms with E-state index >= 15 is 4.11 Å². The van der Waals surface area contributed by atoms with Crippen LogP contribution >= 0.6 is 15.9 Å². The molecule has 0 bridgehead atoms. The number of anilines is 2. The van der Waals surface area contributed by atoms with Crippen molar-refractivity contribution in [3.05, 3.63) is 70.0 Å². The Labute approximate surface area is 297 Å². The highest BCUT2D eigenvalue weighted by atomic mass is 79.9. The van der Waals surface area contributed by atoms with E-state index in [1.807, 2.05) is 25.1 Å². The van der Waals surface area contributed by atoms with E-state index in [1.165, 1.54) is 0 Å². The summed E-state index contributed by atoms with van der Waals surface area (Å²) in [5, 5.41) is 59.9. The third-order valence-electron chi connectivity index (χ3n) is 9.90. The summed E-state index contributed by atoms with van der Waals surface area (Å²) in [5.41, 5.74) is 0.835. The summed E-state index contributed by atoms with van der Waals surface area (Å²) in [7, 11) is -3.40. The number of fused-ring (bicyclic) bond motifs is 2. The molecule has 3 aliphatic rings. The lowest BCUT2D eigenvalue weighted by molar-refractivity contribution is -0.274. The summed E-state index contributed by atoms with van der Waals surface area (Å²) in [5.74, 6) is -1.70. The maximum Gasteiger partial charge on any atom is 0.264 e. The normalized spacial score (nSPS) is 31.0. The molecule has 2 aromatic carbocycles. The molecule has 50 heavy (non-hydrogen) atoms. The highest BCUT2D eigenvalue weighted by Crippen LogP contribution is 2.60. The number of aromatic nitrogens is 3. The van der Waals surface area contributed by atoms with E-state index in [9.17, 15) is 35.1 Å². The van der Waals surface area contributed by atoms with Gasteiger partial charge in [0.25, 0.3) is 11.8 Å². The number of aliphatic hydroxyl groups excluding tert-OH is 5. The number of ether oxygens (including phenoxy) is 2. The predicted molar refractivity (Wildman–Crippen MR) is 183 cm³/mol. The standard InChI is InChI=1S/C33H41BrFN5O9Si/c1-17-29(50(2,3)35)24(9-11-39-16-21(10-12-41)37-38-39)49-33(17)22-14-19(34)7-8-23(22)40(32(33)47)15-18-5-4-6-20(13-18)36-30(45)28-26(43)25(42)27(44)31(46)48-28/h4-8,13-14,16-17,24-29,31,41-44,46H,9-12,15H2,1-3H3,(H,36,45)/t17-,24+,25-,26-,27+,28-,29-,31+,33+/m0/s1. The van der Waals surface area contributed by atoms with Crippen molar-refractivity contribution >= 4 is 47.5 Å². The van der Waals surface area contributed by atoms with E-state index in [0.717, 1.165) is 4.47 Å². The largest absolute Gasteiger partial charge is 0.396 e. The number of aryl methyl sites for hydroxylation is 1. The number of nitrogens with zero attached hydrogens (tertiary/aromatic N) is 4. The summed E-state index contributed by atoms with van der Waals surface area (Å²) < 4.78 is 30.4. The van der Waals surface area contributed by atoms with Gasteiger partial charge in [0.2, 0.25) is 8.41 Å². The molecule has 2 amide bonds. The number of aliphatic hydroxyl groups is 5. The van der Waals surface area contributed by atoms with Crippen LogP contribution in [0.5, 0.6) is 0 Å². The fourth-order valence-corrected chi connectivity index (χ4v) is 10.5. The average Bonchev–Trinajstić information content (AvgIpc) is 3.70. The summed E-state index contributed by atoms with van der Waals surface area (Å²) >= 11 is 3.55. The van der Waals surface area contributed by atoms with Crippen LogP contribution in [0.1, 0.15) is 30.2 Å². The van der Waals surface area contributed by atoms with Crippen molar-refractivity contribution < 1.29 is 48.7 Å².